The quantitative estimate of drug-likeness (QED) is 0.789. The van der Waals surface area contributed by atoms with Gasteiger partial charge in [0, 0.05) is 31.5 Å². The fourth-order valence-electron chi connectivity index (χ4n) is 2.16. The molecule has 1 atom stereocenters. The van der Waals surface area contributed by atoms with E-state index in [1.165, 1.54) is 0 Å². The highest BCUT2D eigenvalue weighted by atomic mass is 16.2. The highest BCUT2D eigenvalue weighted by molar-refractivity contribution is 5.85. The molecule has 2 rings (SSSR count). The molecule has 1 amide bonds. The van der Waals surface area contributed by atoms with E-state index in [0.717, 1.165) is 36.5 Å². The number of nitrogens with two attached hydrogens (primary N) is 1. The van der Waals surface area contributed by atoms with Crippen molar-refractivity contribution in [1.82, 2.24) is 10.3 Å². The van der Waals surface area contributed by atoms with Gasteiger partial charge in [-0.3, -0.25) is 4.79 Å². The number of hydrogen-bond acceptors (Lipinski definition) is 4. The Morgan fingerprint density at radius 2 is 2.41 bits per heavy atom. The Hall–Kier alpha value is -1.78. The predicted octanol–water partition coefficient (Wildman–Crippen LogP) is 0.687. The van der Waals surface area contributed by atoms with E-state index in [-0.39, 0.29) is 11.9 Å². The highest BCUT2D eigenvalue weighted by Gasteiger charge is 2.30. The molecule has 2 heterocycles. The number of carbonyl (C=O) groups is 1. The average Bonchev–Trinajstić information content (AvgIpc) is 2.80. The number of likely N-dealkylation sites (N-methyl/N-ethyl adjacent to an activating group) is 1. The van der Waals surface area contributed by atoms with Crippen LogP contribution in [0.5, 0.6) is 0 Å². The number of pyridine rings is 1. The minimum atomic E-state index is -0.116. The zero-order valence-corrected chi connectivity index (χ0v) is 10.2. The first-order chi connectivity index (χ1) is 8.13. The molecule has 0 aliphatic carbocycles. The molecule has 0 radical (unpaired) electrons. The van der Waals surface area contributed by atoms with Gasteiger partial charge in [0.15, 0.2) is 0 Å². The lowest BCUT2D eigenvalue weighted by Gasteiger charge is -2.24. The van der Waals surface area contributed by atoms with E-state index in [1.54, 1.807) is 13.2 Å². The van der Waals surface area contributed by atoms with Gasteiger partial charge < -0.3 is 16.0 Å². The average molecular weight is 234 g/mol. The molecule has 1 unspecified atom stereocenters. The van der Waals surface area contributed by atoms with Crippen molar-refractivity contribution >= 4 is 17.4 Å². The van der Waals surface area contributed by atoms with Gasteiger partial charge in [-0.1, -0.05) is 0 Å². The summed E-state index contributed by atoms with van der Waals surface area (Å²) in [4.78, 5) is 18.1. The Kier molecular flexibility index (Phi) is 3.17. The SMILES string of the molecule is CNC(=O)C1CCCN1c1cc(N)c(C)cn1. The largest absolute Gasteiger partial charge is 0.398 e. The summed E-state index contributed by atoms with van der Waals surface area (Å²) >= 11 is 0. The van der Waals surface area contributed by atoms with E-state index in [9.17, 15) is 4.79 Å². The zero-order chi connectivity index (χ0) is 12.4. The van der Waals surface area contributed by atoms with E-state index in [0.29, 0.717) is 0 Å². The summed E-state index contributed by atoms with van der Waals surface area (Å²) in [5.74, 6) is 0.836. The molecule has 1 aromatic rings. The second-order valence-corrected chi connectivity index (χ2v) is 4.36. The maximum atomic E-state index is 11.7. The standard InChI is InChI=1S/C12H18N4O/c1-8-7-15-11(6-9(8)13)16-5-3-4-10(16)12(17)14-2/h6-7,10H,3-5H2,1-2H3,(H2,13,15)(H,14,17). The van der Waals surface area contributed by atoms with E-state index in [4.69, 9.17) is 5.73 Å². The van der Waals surface area contributed by atoms with Crippen molar-refractivity contribution in [3.05, 3.63) is 17.8 Å². The zero-order valence-electron chi connectivity index (χ0n) is 10.2. The molecule has 0 spiro atoms. The topological polar surface area (TPSA) is 71.2 Å². The minimum absolute atomic E-state index is 0.0449. The van der Waals surface area contributed by atoms with Crippen LogP contribution in [-0.2, 0) is 4.79 Å². The lowest BCUT2D eigenvalue weighted by atomic mass is 10.2. The van der Waals surface area contributed by atoms with E-state index in [1.807, 2.05) is 17.9 Å². The van der Waals surface area contributed by atoms with Crippen LogP contribution in [0.15, 0.2) is 12.3 Å². The van der Waals surface area contributed by atoms with Gasteiger partial charge in [0.2, 0.25) is 5.91 Å². The summed E-state index contributed by atoms with van der Waals surface area (Å²) < 4.78 is 0. The van der Waals surface area contributed by atoms with Gasteiger partial charge in [0.05, 0.1) is 0 Å². The second kappa shape index (κ2) is 4.61. The third kappa shape index (κ3) is 2.18. The predicted molar refractivity (Wildman–Crippen MR) is 67.8 cm³/mol. The number of nitrogen functional groups attached to an aromatic ring is 1. The van der Waals surface area contributed by atoms with Crippen molar-refractivity contribution in [1.29, 1.82) is 0 Å². The summed E-state index contributed by atoms with van der Waals surface area (Å²) in [6.07, 6.45) is 3.63. The minimum Gasteiger partial charge on any atom is -0.398 e. The number of carbonyl (C=O) groups excluding carboxylic acids is 1. The molecule has 5 nitrogen and oxygen atoms in total. The summed E-state index contributed by atoms with van der Waals surface area (Å²) in [6.45, 7) is 2.78. The number of anilines is 2. The number of aryl methyl sites for hydroxylation is 1. The Balaban J connectivity index is 2.26. The lowest BCUT2D eigenvalue weighted by Crippen LogP contribution is -2.42. The molecule has 5 heteroatoms. The van der Waals surface area contributed by atoms with Crippen molar-refractivity contribution in [2.24, 2.45) is 0 Å². The Labute approximate surface area is 101 Å². The monoisotopic (exact) mass is 234 g/mol. The van der Waals surface area contributed by atoms with Gasteiger partial charge in [0.25, 0.3) is 0 Å². The van der Waals surface area contributed by atoms with Gasteiger partial charge in [-0.15, -0.1) is 0 Å². The maximum absolute atomic E-state index is 11.7. The Bertz CT molecular complexity index is 433. The van der Waals surface area contributed by atoms with Crippen LogP contribution in [-0.4, -0.2) is 30.5 Å². The summed E-state index contributed by atoms with van der Waals surface area (Å²) in [5, 5.41) is 2.69. The molecule has 0 aromatic carbocycles. The van der Waals surface area contributed by atoms with Crippen molar-refractivity contribution in [3.63, 3.8) is 0 Å². The van der Waals surface area contributed by atoms with E-state index < -0.39 is 0 Å². The first kappa shape index (κ1) is 11.7. The molecule has 1 aliphatic heterocycles. The molecule has 92 valence electrons. The van der Waals surface area contributed by atoms with Crippen LogP contribution in [0.2, 0.25) is 0 Å². The maximum Gasteiger partial charge on any atom is 0.242 e. The van der Waals surface area contributed by atoms with Gasteiger partial charge in [-0.05, 0) is 25.3 Å². The fourth-order valence-corrected chi connectivity index (χ4v) is 2.16. The van der Waals surface area contributed by atoms with Crippen LogP contribution < -0.4 is 16.0 Å². The van der Waals surface area contributed by atoms with Gasteiger partial charge in [-0.2, -0.15) is 0 Å². The number of rotatable bonds is 2. The smallest absolute Gasteiger partial charge is 0.242 e. The van der Waals surface area contributed by atoms with Gasteiger partial charge >= 0.3 is 0 Å². The van der Waals surface area contributed by atoms with Crippen molar-refractivity contribution in [2.45, 2.75) is 25.8 Å². The molecule has 1 fully saturated rings. The number of nitrogens with zero attached hydrogens (tertiary/aromatic N) is 2. The molecule has 3 N–H and O–H groups in total. The number of hydrogen-bond donors (Lipinski definition) is 2. The van der Waals surface area contributed by atoms with Gasteiger partial charge in [0.1, 0.15) is 11.9 Å². The summed E-state index contributed by atoms with van der Waals surface area (Å²) in [6, 6.07) is 1.73. The third-order valence-corrected chi connectivity index (χ3v) is 3.23. The van der Waals surface area contributed by atoms with Crippen molar-refractivity contribution < 1.29 is 4.79 Å². The fraction of sp³-hybridized carbons (Fsp3) is 0.500. The molecule has 0 bridgehead atoms. The van der Waals surface area contributed by atoms with Crippen LogP contribution in [0.1, 0.15) is 18.4 Å². The van der Waals surface area contributed by atoms with Crippen molar-refractivity contribution in [2.75, 3.05) is 24.2 Å². The first-order valence-corrected chi connectivity index (χ1v) is 5.84. The number of nitrogens with one attached hydrogen (secondary N) is 1. The molecule has 17 heavy (non-hydrogen) atoms. The van der Waals surface area contributed by atoms with Gasteiger partial charge in [-0.25, -0.2) is 4.98 Å². The highest BCUT2D eigenvalue weighted by Crippen LogP contribution is 2.26. The lowest BCUT2D eigenvalue weighted by molar-refractivity contribution is -0.121. The Morgan fingerprint density at radius 1 is 1.65 bits per heavy atom. The van der Waals surface area contributed by atoms with Crippen LogP contribution in [0.3, 0.4) is 0 Å². The molecular weight excluding hydrogens is 216 g/mol. The van der Waals surface area contributed by atoms with E-state index >= 15 is 0 Å². The van der Waals surface area contributed by atoms with Crippen molar-refractivity contribution in [3.8, 4) is 0 Å². The normalized spacial score (nSPS) is 19.4. The molecule has 0 saturated carbocycles. The number of aromatic nitrogens is 1. The van der Waals surface area contributed by atoms with Crippen LogP contribution in [0, 0.1) is 6.92 Å². The first-order valence-electron chi connectivity index (χ1n) is 5.84. The molecule has 1 saturated heterocycles. The van der Waals surface area contributed by atoms with E-state index in [2.05, 4.69) is 10.3 Å². The van der Waals surface area contributed by atoms with Crippen LogP contribution in [0.25, 0.3) is 0 Å². The molecule has 1 aliphatic rings. The van der Waals surface area contributed by atoms with Crippen LogP contribution in [0.4, 0.5) is 11.5 Å². The molecule has 1 aromatic heterocycles. The second-order valence-electron chi connectivity index (χ2n) is 4.36. The Morgan fingerprint density at radius 3 is 3.06 bits per heavy atom. The molecular formula is C12H18N4O. The van der Waals surface area contributed by atoms with Crippen LogP contribution >= 0.6 is 0 Å². The summed E-state index contributed by atoms with van der Waals surface area (Å²) in [5.41, 5.74) is 7.56. The summed E-state index contributed by atoms with van der Waals surface area (Å²) in [7, 11) is 1.66. The number of amides is 1. The third-order valence-electron chi connectivity index (χ3n) is 3.23.